The van der Waals surface area contributed by atoms with Crippen LogP contribution in [0.25, 0.3) is 0 Å². The van der Waals surface area contributed by atoms with Crippen molar-refractivity contribution in [3.05, 3.63) is 34.5 Å². The standard InChI is InChI=1S/C7H5FN2O/c1-5-2-3-10(11)6(4-9)7(5)8/h2-3H,1H3. The number of halogens is 1. The molecule has 0 aromatic carbocycles. The van der Waals surface area contributed by atoms with Crippen molar-refractivity contribution in [1.82, 2.24) is 0 Å². The van der Waals surface area contributed by atoms with Gasteiger partial charge < -0.3 is 5.21 Å². The second-order valence-electron chi connectivity index (χ2n) is 2.10. The molecule has 0 saturated heterocycles. The molecule has 4 heteroatoms. The molecule has 0 aliphatic rings. The predicted octanol–water partition coefficient (Wildman–Crippen LogP) is 0.639. The molecule has 0 amide bonds. The molecular formula is C7H5FN2O. The fraction of sp³-hybridized carbons (Fsp3) is 0.143. The van der Waals surface area contributed by atoms with E-state index in [1.165, 1.54) is 19.1 Å². The highest BCUT2D eigenvalue weighted by Crippen LogP contribution is 2.05. The lowest BCUT2D eigenvalue weighted by Gasteiger charge is -1.99. The minimum atomic E-state index is -0.745. The zero-order chi connectivity index (χ0) is 8.43. The first-order valence-corrected chi connectivity index (χ1v) is 2.95. The van der Waals surface area contributed by atoms with Crippen molar-refractivity contribution in [2.75, 3.05) is 0 Å². The lowest BCUT2D eigenvalue weighted by molar-refractivity contribution is -0.610. The highest BCUT2D eigenvalue weighted by molar-refractivity contribution is 5.22. The maximum Gasteiger partial charge on any atom is 0.330 e. The topological polar surface area (TPSA) is 50.7 Å². The molecule has 1 aromatic rings. The van der Waals surface area contributed by atoms with E-state index < -0.39 is 11.5 Å². The average Bonchev–Trinajstić information content (AvgIpc) is 1.99. The van der Waals surface area contributed by atoms with Gasteiger partial charge in [-0.05, 0) is 12.5 Å². The molecule has 3 nitrogen and oxygen atoms in total. The fourth-order valence-electron chi connectivity index (χ4n) is 0.709. The van der Waals surface area contributed by atoms with Crippen molar-refractivity contribution in [2.45, 2.75) is 6.92 Å². The summed E-state index contributed by atoms with van der Waals surface area (Å²) < 4.78 is 13.0. The van der Waals surface area contributed by atoms with Crippen molar-refractivity contribution < 1.29 is 9.12 Å². The molecule has 0 bridgehead atoms. The minimum absolute atomic E-state index is 0.211. The van der Waals surface area contributed by atoms with Crippen LogP contribution in [0.2, 0.25) is 0 Å². The van der Waals surface area contributed by atoms with Gasteiger partial charge >= 0.3 is 5.69 Å². The smallest absolute Gasteiger partial charge is 0.330 e. The molecule has 0 saturated carbocycles. The van der Waals surface area contributed by atoms with Gasteiger partial charge in [0.15, 0.2) is 12.3 Å². The van der Waals surface area contributed by atoms with Crippen LogP contribution in [0.15, 0.2) is 12.3 Å². The quantitative estimate of drug-likeness (QED) is 0.404. The first kappa shape index (κ1) is 7.48. The summed E-state index contributed by atoms with van der Waals surface area (Å²) in [7, 11) is 0. The molecule has 0 N–H and O–H groups in total. The van der Waals surface area contributed by atoms with Crippen LogP contribution < -0.4 is 4.73 Å². The Morgan fingerprint density at radius 3 is 2.82 bits per heavy atom. The summed E-state index contributed by atoms with van der Waals surface area (Å²) in [6, 6.07) is 2.80. The highest BCUT2D eigenvalue weighted by Gasteiger charge is 2.13. The van der Waals surface area contributed by atoms with Gasteiger partial charge in [0.05, 0.1) is 0 Å². The van der Waals surface area contributed by atoms with Crippen LogP contribution in [0.5, 0.6) is 0 Å². The lowest BCUT2D eigenvalue weighted by atomic mass is 10.2. The van der Waals surface area contributed by atoms with Gasteiger partial charge in [0.2, 0.25) is 5.82 Å². The summed E-state index contributed by atoms with van der Waals surface area (Å²) in [4.78, 5) is 0. The van der Waals surface area contributed by atoms with Crippen molar-refractivity contribution in [3.63, 3.8) is 0 Å². The summed E-state index contributed by atoms with van der Waals surface area (Å²) in [6.07, 6.45) is 1.11. The van der Waals surface area contributed by atoms with E-state index in [1.807, 2.05) is 0 Å². The molecule has 0 fully saturated rings. The highest BCUT2D eigenvalue weighted by atomic mass is 19.1. The van der Waals surface area contributed by atoms with E-state index in [-0.39, 0.29) is 4.73 Å². The van der Waals surface area contributed by atoms with Gasteiger partial charge in [0.1, 0.15) is 0 Å². The van der Waals surface area contributed by atoms with E-state index in [0.717, 1.165) is 6.20 Å². The van der Waals surface area contributed by atoms with Crippen LogP contribution in [0.4, 0.5) is 4.39 Å². The first-order valence-electron chi connectivity index (χ1n) is 2.95. The monoisotopic (exact) mass is 152 g/mol. The molecule has 0 unspecified atom stereocenters. The molecule has 11 heavy (non-hydrogen) atoms. The van der Waals surface area contributed by atoms with E-state index in [9.17, 15) is 9.60 Å². The van der Waals surface area contributed by atoms with Crippen LogP contribution in [0.3, 0.4) is 0 Å². The van der Waals surface area contributed by atoms with Crippen molar-refractivity contribution in [3.8, 4) is 6.07 Å². The zero-order valence-corrected chi connectivity index (χ0v) is 5.84. The third kappa shape index (κ3) is 1.13. The summed E-state index contributed by atoms with van der Waals surface area (Å²) in [5.41, 5.74) is -0.182. The largest absolute Gasteiger partial charge is 0.618 e. The van der Waals surface area contributed by atoms with E-state index in [4.69, 9.17) is 5.26 Å². The third-order valence-corrected chi connectivity index (χ3v) is 1.34. The Bertz CT molecular complexity index is 330. The Kier molecular flexibility index (Phi) is 1.73. The Morgan fingerprint density at radius 2 is 2.36 bits per heavy atom. The summed E-state index contributed by atoms with van der Waals surface area (Å²) in [5, 5.41) is 19.0. The number of nitriles is 1. The Morgan fingerprint density at radius 1 is 1.73 bits per heavy atom. The maximum atomic E-state index is 12.8. The van der Waals surface area contributed by atoms with Gasteiger partial charge in [-0.25, -0.2) is 0 Å². The summed E-state index contributed by atoms with van der Waals surface area (Å²) in [5.74, 6) is -0.745. The minimum Gasteiger partial charge on any atom is -0.618 e. The van der Waals surface area contributed by atoms with E-state index >= 15 is 0 Å². The number of aromatic nitrogens is 1. The van der Waals surface area contributed by atoms with Gasteiger partial charge in [-0.3, -0.25) is 0 Å². The molecule has 1 rings (SSSR count). The van der Waals surface area contributed by atoms with Gasteiger partial charge in [-0.15, -0.1) is 0 Å². The van der Waals surface area contributed by atoms with E-state index in [1.54, 1.807) is 0 Å². The number of nitrogens with zero attached hydrogens (tertiary/aromatic N) is 2. The van der Waals surface area contributed by atoms with Crippen molar-refractivity contribution in [1.29, 1.82) is 5.26 Å². The maximum absolute atomic E-state index is 12.8. The third-order valence-electron chi connectivity index (χ3n) is 1.34. The second-order valence-corrected chi connectivity index (χ2v) is 2.10. The fourth-order valence-corrected chi connectivity index (χ4v) is 0.709. The Balaban J connectivity index is 3.44. The van der Waals surface area contributed by atoms with Crippen molar-refractivity contribution in [2.24, 2.45) is 0 Å². The average molecular weight is 152 g/mol. The molecule has 1 aromatic heterocycles. The van der Waals surface area contributed by atoms with Crippen LogP contribution in [0.1, 0.15) is 11.3 Å². The van der Waals surface area contributed by atoms with Crippen LogP contribution in [-0.2, 0) is 0 Å². The molecule has 0 spiro atoms. The molecule has 0 aliphatic carbocycles. The number of pyridine rings is 1. The molecule has 0 atom stereocenters. The normalized spacial score (nSPS) is 9.18. The summed E-state index contributed by atoms with van der Waals surface area (Å²) in [6.45, 7) is 1.50. The molecular weight excluding hydrogens is 147 g/mol. The van der Waals surface area contributed by atoms with Crippen LogP contribution in [0, 0.1) is 29.3 Å². The number of hydrogen-bond acceptors (Lipinski definition) is 2. The Hall–Kier alpha value is -1.63. The van der Waals surface area contributed by atoms with Gasteiger partial charge in [-0.2, -0.15) is 14.4 Å². The lowest BCUT2D eigenvalue weighted by Crippen LogP contribution is -2.31. The van der Waals surface area contributed by atoms with Crippen LogP contribution in [-0.4, -0.2) is 0 Å². The second kappa shape index (κ2) is 2.54. The van der Waals surface area contributed by atoms with E-state index in [0.29, 0.717) is 5.56 Å². The Labute approximate surface area is 62.9 Å². The molecule has 0 radical (unpaired) electrons. The first-order chi connectivity index (χ1) is 5.16. The molecule has 56 valence electrons. The van der Waals surface area contributed by atoms with Gasteiger partial charge in [-0.1, -0.05) is 0 Å². The molecule has 1 heterocycles. The van der Waals surface area contributed by atoms with Gasteiger partial charge in [0, 0.05) is 6.07 Å². The summed E-state index contributed by atoms with van der Waals surface area (Å²) >= 11 is 0. The van der Waals surface area contributed by atoms with Crippen LogP contribution >= 0.6 is 0 Å². The number of rotatable bonds is 0. The SMILES string of the molecule is Cc1cc[n+]([O-])c(C#N)c1F. The predicted molar refractivity (Wildman–Crippen MR) is 34.8 cm³/mol. The van der Waals surface area contributed by atoms with Crippen molar-refractivity contribution >= 4 is 0 Å². The van der Waals surface area contributed by atoms with E-state index in [2.05, 4.69) is 0 Å². The number of hydrogen-bond donors (Lipinski definition) is 0. The van der Waals surface area contributed by atoms with Gasteiger partial charge in [0.25, 0.3) is 0 Å². The molecule has 0 aliphatic heterocycles. The number of aryl methyl sites for hydroxylation is 1. The zero-order valence-electron chi connectivity index (χ0n) is 5.84.